The molecule has 1 N–H and O–H groups in total. The van der Waals surface area contributed by atoms with E-state index >= 15 is 0 Å². The first kappa shape index (κ1) is 19.9. The van der Waals surface area contributed by atoms with Crippen molar-refractivity contribution in [2.75, 3.05) is 0 Å². The SMILES string of the molecule is Cn1nc(C(F)(F)F)cc1-c1csc(CC(=O)c2cc3ccccc3o2)c1C(=O)O. The number of alkyl halides is 3. The Balaban J connectivity index is 1.70. The lowest BCUT2D eigenvalue weighted by Gasteiger charge is -2.03. The van der Waals surface area contributed by atoms with Crippen molar-refractivity contribution >= 4 is 34.1 Å². The molecule has 154 valence electrons. The van der Waals surface area contributed by atoms with Gasteiger partial charge < -0.3 is 9.52 Å². The number of halogens is 3. The van der Waals surface area contributed by atoms with Gasteiger partial charge in [-0.15, -0.1) is 11.3 Å². The van der Waals surface area contributed by atoms with E-state index < -0.39 is 23.6 Å². The molecule has 0 bridgehead atoms. The first-order valence-electron chi connectivity index (χ1n) is 8.62. The van der Waals surface area contributed by atoms with Crippen LogP contribution in [0.15, 0.2) is 46.2 Å². The lowest BCUT2D eigenvalue weighted by Crippen LogP contribution is -2.07. The van der Waals surface area contributed by atoms with Crippen LogP contribution in [-0.2, 0) is 19.6 Å². The van der Waals surface area contributed by atoms with Crippen molar-refractivity contribution in [3.63, 3.8) is 0 Å². The molecule has 0 unspecified atom stereocenters. The molecule has 0 radical (unpaired) electrons. The maximum Gasteiger partial charge on any atom is 0.435 e. The second-order valence-electron chi connectivity index (χ2n) is 6.54. The number of thiophene rings is 1. The maximum atomic E-state index is 13.0. The first-order valence-corrected chi connectivity index (χ1v) is 9.50. The van der Waals surface area contributed by atoms with E-state index in [4.69, 9.17) is 4.42 Å². The Morgan fingerprint density at radius 3 is 2.60 bits per heavy atom. The van der Waals surface area contributed by atoms with E-state index in [1.165, 1.54) is 12.4 Å². The number of hydrogen-bond acceptors (Lipinski definition) is 5. The molecule has 3 heterocycles. The van der Waals surface area contributed by atoms with Gasteiger partial charge in [0.05, 0.1) is 11.3 Å². The van der Waals surface area contributed by atoms with Crippen LogP contribution in [0.2, 0.25) is 0 Å². The normalized spacial score (nSPS) is 11.9. The van der Waals surface area contributed by atoms with Crippen molar-refractivity contribution in [1.29, 1.82) is 0 Å². The van der Waals surface area contributed by atoms with Crippen LogP contribution in [0, 0.1) is 0 Å². The van der Waals surface area contributed by atoms with Crippen molar-refractivity contribution in [2.24, 2.45) is 7.05 Å². The van der Waals surface area contributed by atoms with E-state index in [-0.39, 0.29) is 33.9 Å². The summed E-state index contributed by atoms with van der Waals surface area (Å²) in [5.41, 5.74) is -0.742. The molecule has 0 amide bonds. The fraction of sp³-hybridized carbons (Fsp3) is 0.150. The van der Waals surface area contributed by atoms with Crippen molar-refractivity contribution in [1.82, 2.24) is 9.78 Å². The Labute approximate surface area is 171 Å². The van der Waals surface area contributed by atoms with Gasteiger partial charge in [-0.1, -0.05) is 18.2 Å². The number of aromatic carboxylic acids is 1. The van der Waals surface area contributed by atoms with E-state index in [0.717, 1.165) is 27.5 Å². The quantitative estimate of drug-likeness (QED) is 0.445. The number of fused-ring (bicyclic) bond motifs is 1. The van der Waals surface area contributed by atoms with E-state index in [1.807, 2.05) is 0 Å². The highest BCUT2D eigenvalue weighted by atomic mass is 32.1. The smallest absolute Gasteiger partial charge is 0.435 e. The summed E-state index contributed by atoms with van der Waals surface area (Å²) < 4.78 is 45.4. The van der Waals surface area contributed by atoms with Gasteiger partial charge in [-0.3, -0.25) is 9.48 Å². The van der Waals surface area contributed by atoms with E-state index in [0.29, 0.717) is 5.58 Å². The van der Waals surface area contributed by atoms with E-state index in [9.17, 15) is 27.9 Å². The number of aryl methyl sites for hydroxylation is 1. The Morgan fingerprint density at radius 2 is 1.97 bits per heavy atom. The summed E-state index contributed by atoms with van der Waals surface area (Å²) in [7, 11) is 1.30. The molecule has 0 atom stereocenters. The number of carbonyl (C=O) groups is 2. The number of carboxylic acid groups (broad SMARTS) is 1. The van der Waals surface area contributed by atoms with E-state index in [2.05, 4.69) is 5.10 Å². The standard InChI is InChI=1S/C20H13F3N2O4S/c1-25-12(7-17(24-25)20(21,22)23)11-9-30-16(18(11)19(27)28)8-13(26)15-6-10-4-2-3-5-14(10)29-15/h2-7,9H,8H2,1H3,(H,27,28). The zero-order valence-electron chi connectivity index (χ0n) is 15.4. The van der Waals surface area contributed by atoms with Crippen molar-refractivity contribution in [2.45, 2.75) is 12.6 Å². The van der Waals surface area contributed by atoms with Crippen LogP contribution in [0.5, 0.6) is 0 Å². The average Bonchev–Trinajstić information content (AvgIpc) is 3.36. The second-order valence-corrected chi connectivity index (χ2v) is 7.50. The molecule has 6 nitrogen and oxygen atoms in total. The van der Waals surface area contributed by atoms with Gasteiger partial charge in [0.25, 0.3) is 0 Å². The van der Waals surface area contributed by atoms with Gasteiger partial charge in [0.2, 0.25) is 5.78 Å². The number of furan rings is 1. The third kappa shape index (κ3) is 3.50. The van der Waals surface area contributed by atoms with Crippen molar-refractivity contribution in [3.8, 4) is 11.3 Å². The van der Waals surface area contributed by atoms with Crippen LogP contribution in [0.4, 0.5) is 13.2 Å². The van der Waals surface area contributed by atoms with Gasteiger partial charge in [-0.2, -0.15) is 18.3 Å². The Kier molecular flexibility index (Phi) is 4.73. The summed E-state index contributed by atoms with van der Waals surface area (Å²) in [6, 6.07) is 9.41. The van der Waals surface area contributed by atoms with Crippen LogP contribution < -0.4 is 0 Å². The lowest BCUT2D eigenvalue weighted by molar-refractivity contribution is -0.141. The van der Waals surface area contributed by atoms with Gasteiger partial charge in [0.15, 0.2) is 11.5 Å². The van der Waals surface area contributed by atoms with Gasteiger partial charge in [-0.25, -0.2) is 4.79 Å². The molecule has 3 aromatic heterocycles. The van der Waals surface area contributed by atoms with Crippen LogP contribution in [-0.4, -0.2) is 26.6 Å². The number of Topliss-reactive ketones (excluding diaryl/α,β-unsaturated/α-hetero) is 1. The highest BCUT2D eigenvalue weighted by Gasteiger charge is 2.35. The molecule has 10 heteroatoms. The minimum absolute atomic E-state index is 0.00147. The molecule has 30 heavy (non-hydrogen) atoms. The van der Waals surface area contributed by atoms with Gasteiger partial charge in [0.1, 0.15) is 5.58 Å². The number of nitrogens with zero attached hydrogens (tertiary/aromatic N) is 2. The first-order chi connectivity index (χ1) is 14.1. The molecule has 4 aromatic rings. The van der Waals surface area contributed by atoms with Crippen molar-refractivity contribution < 1.29 is 32.3 Å². The molecule has 0 aliphatic heterocycles. The zero-order chi connectivity index (χ0) is 21.6. The molecular formula is C20H13F3N2O4S. The molecule has 0 aliphatic carbocycles. The molecule has 1 aromatic carbocycles. The summed E-state index contributed by atoms with van der Waals surface area (Å²) >= 11 is 0.989. The number of carboxylic acids is 1. The van der Waals surface area contributed by atoms with Gasteiger partial charge >= 0.3 is 12.1 Å². The molecule has 0 saturated carbocycles. The Morgan fingerprint density at radius 1 is 1.23 bits per heavy atom. The van der Waals surface area contributed by atoms with Gasteiger partial charge in [-0.05, 0) is 18.2 Å². The highest BCUT2D eigenvalue weighted by molar-refractivity contribution is 7.11. The van der Waals surface area contributed by atoms with Gasteiger partial charge in [0, 0.05) is 34.7 Å². The summed E-state index contributed by atoms with van der Waals surface area (Å²) in [4.78, 5) is 24.8. The number of hydrogen-bond donors (Lipinski definition) is 1. The molecular weight excluding hydrogens is 421 g/mol. The highest BCUT2D eigenvalue weighted by Crippen LogP contribution is 2.36. The third-order valence-corrected chi connectivity index (χ3v) is 5.54. The predicted molar refractivity (Wildman–Crippen MR) is 103 cm³/mol. The van der Waals surface area contributed by atoms with Crippen LogP contribution in [0.1, 0.15) is 31.5 Å². The number of rotatable bonds is 5. The summed E-state index contributed by atoms with van der Waals surface area (Å²) in [5.74, 6) is -1.68. The molecule has 0 aliphatic rings. The van der Waals surface area contributed by atoms with Crippen LogP contribution >= 0.6 is 11.3 Å². The topological polar surface area (TPSA) is 85.3 Å². The Hall–Kier alpha value is -3.40. The fourth-order valence-electron chi connectivity index (χ4n) is 3.16. The molecule has 0 saturated heterocycles. The third-order valence-electron chi connectivity index (χ3n) is 4.55. The van der Waals surface area contributed by atoms with Crippen LogP contribution in [0.25, 0.3) is 22.2 Å². The Bertz CT molecular complexity index is 1250. The molecule has 4 rings (SSSR count). The number of aromatic nitrogens is 2. The number of carbonyl (C=O) groups excluding carboxylic acids is 1. The monoisotopic (exact) mass is 434 g/mol. The minimum atomic E-state index is -4.66. The predicted octanol–water partition coefficient (Wildman–Crippen LogP) is 5.04. The van der Waals surface area contributed by atoms with E-state index in [1.54, 1.807) is 30.3 Å². The fourth-order valence-corrected chi connectivity index (χ4v) is 4.19. The lowest BCUT2D eigenvalue weighted by atomic mass is 10.0. The second kappa shape index (κ2) is 7.13. The number of ketones is 1. The number of benzene rings is 1. The number of para-hydroxylation sites is 1. The average molecular weight is 434 g/mol. The minimum Gasteiger partial charge on any atom is -0.478 e. The molecule has 0 fully saturated rings. The van der Waals surface area contributed by atoms with Crippen LogP contribution in [0.3, 0.4) is 0 Å². The largest absolute Gasteiger partial charge is 0.478 e. The van der Waals surface area contributed by atoms with Crippen molar-refractivity contribution in [3.05, 3.63) is 63.7 Å². The summed E-state index contributed by atoms with van der Waals surface area (Å²) in [6.07, 6.45) is -4.91. The zero-order valence-corrected chi connectivity index (χ0v) is 16.2. The maximum absolute atomic E-state index is 13.0. The summed E-state index contributed by atoms with van der Waals surface area (Å²) in [5, 5.41) is 15.2. The summed E-state index contributed by atoms with van der Waals surface area (Å²) in [6.45, 7) is 0. The molecule has 0 spiro atoms.